The van der Waals surface area contributed by atoms with Crippen LogP contribution in [0.25, 0.3) is 0 Å². The number of rotatable bonds is 4. The van der Waals surface area contributed by atoms with Gasteiger partial charge in [-0.2, -0.15) is 0 Å². The van der Waals surface area contributed by atoms with Gasteiger partial charge in [-0.3, -0.25) is 14.9 Å². The molecule has 0 spiro atoms. The summed E-state index contributed by atoms with van der Waals surface area (Å²) in [5.74, 6) is 0.0738. The van der Waals surface area contributed by atoms with E-state index in [2.05, 4.69) is 21.2 Å². The molecule has 114 valence electrons. The van der Waals surface area contributed by atoms with Gasteiger partial charge in [0.2, 0.25) is 0 Å². The number of carbonyl (C=O) groups excluding carboxylic acids is 1. The zero-order chi connectivity index (χ0) is 15.4. The monoisotopic (exact) mass is 356 g/mol. The fourth-order valence-corrected chi connectivity index (χ4v) is 3.04. The number of hydrogen-bond donors (Lipinski definition) is 1. The Labute approximate surface area is 131 Å². The quantitative estimate of drug-likeness (QED) is 0.664. The van der Waals surface area contributed by atoms with E-state index in [4.69, 9.17) is 4.74 Å². The molecule has 6 nitrogen and oxygen atoms in total. The molecule has 1 fully saturated rings. The first-order chi connectivity index (χ1) is 10.0. The number of benzene rings is 1. The van der Waals surface area contributed by atoms with Crippen molar-refractivity contribution in [3.8, 4) is 0 Å². The summed E-state index contributed by atoms with van der Waals surface area (Å²) in [4.78, 5) is 22.7. The highest BCUT2D eigenvalue weighted by atomic mass is 79.9. The number of halogens is 1. The van der Waals surface area contributed by atoms with Gasteiger partial charge in [0.1, 0.15) is 4.47 Å². The number of carbonyl (C=O) groups is 1. The van der Waals surface area contributed by atoms with Crippen molar-refractivity contribution in [1.82, 2.24) is 5.32 Å². The summed E-state index contributed by atoms with van der Waals surface area (Å²) in [6.45, 7) is 3.38. The molecule has 0 saturated carbocycles. The second-order valence-corrected chi connectivity index (χ2v) is 5.90. The molecule has 1 aromatic rings. The van der Waals surface area contributed by atoms with Gasteiger partial charge in [0.15, 0.2) is 0 Å². The van der Waals surface area contributed by atoms with Crippen LogP contribution in [0.2, 0.25) is 0 Å². The summed E-state index contributed by atoms with van der Waals surface area (Å²) in [5, 5.41) is 13.8. The topological polar surface area (TPSA) is 81.5 Å². The Hall–Kier alpha value is -1.47. The van der Waals surface area contributed by atoms with E-state index in [1.807, 2.05) is 6.92 Å². The second kappa shape index (κ2) is 7.00. The van der Waals surface area contributed by atoms with Gasteiger partial charge in [0, 0.05) is 25.3 Å². The van der Waals surface area contributed by atoms with Crippen molar-refractivity contribution in [2.45, 2.75) is 25.8 Å². The Balaban J connectivity index is 2.09. The highest BCUT2D eigenvalue weighted by Gasteiger charge is 2.24. The van der Waals surface area contributed by atoms with Crippen molar-refractivity contribution >= 4 is 27.5 Å². The SMILES string of the molecule is CC(NC(=O)c1cccc([N+](=O)[O-])c1Br)C1CCOCC1. The van der Waals surface area contributed by atoms with Crippen LogP contribution in [0.1, 0.15) is 30.1 Å². The minimum absolute atomic E-state index is 0.00700. The first kappa shape index (κ1) is 15.9. The van der Waals surface area contributed by atoms with Crippen LogP contribution >= 0.6 is 15.9 Å². The molecule has 21 heavy (non-hydrogen) atoms. The third kappa shape index (κ3) is 3.79. The molecule has 1 unspecified atom stereocenters. The van der Waals surface area contributed by atoms with Crippen LogP contribution in [0.3, 0.4) is 0 Å². The lowest BCUT2D eigenvalue weighted by Crippen LogP contribution is -2.40. The number of nitro benzene ring substituents is 1. The fraction of sp³-hybridized carbons (Fsp3) is 0.500. The molecule has 1 aliphatic rings. The van der Waals surface area contributed by atoms with Gasteiger partial charge in [-0.25, -0.2) is 0 Å². The molecule has 2 rings (SSSR count). The molecule has 0 radical (unpaired) electrons. The molecule has 1 saturated heterocycles. The third-order valence-corrected chi connectivity index (χ3v) is 4.58. The van der Waals surface area contributed by atoms with E-state index in [1.54, 1.807) is 6.07 Å². The molecular formula is C14H17BrN2O4. The standard InChI is InChI=1S/C14H17BrN2O4/c1-9(10-5-7-21-8-6-10)16-14(18)11-3-2-4-12(13(11)15)17(19)20/h2-4,9-10H,5-8H2,1H3,(H,16,18). The van der Waals surface area contributed by atoms with E-state index in [9.17, 15) is 14.9 Å². The van der Waals surface area contributed by atoms with Gasteiger partial charge in [-0.15, -0.1) is 0 Å². The minimum Gasteiger partial charge on any atom is -0.381 e. The fourth-order valence-electron chi connectivity index (χ4n) is 2.45. The second-order valence-electron chi connectivity index (χ2n) is 5.11. The number of nitrogens with zero attached hydrogens (tertiary/aromatic N) is 1. The highest BCUT2D eigenvalue weighted by Crippen LogP contribution is 2.28. The van der Waals surface area contributed by atoms with Crippen molar-refractivity contribution < 1.29 is 14.5 Å². The van der Waals surface area contributed by atoms with Crippen LogP contribution < -0.4 is 5.32 Å². The van der Waals surface area contributed by atoms with Crippen molar-refractivity contribution in [3.05, 3.63) is 38.3 Å². The van der Waals surface area contributed by atoms with E-state index < -0.39 is 4.92 Å². The lowest BCUT2D eigenvalue weighted by Gasteiger charge is -2.28. The number of ether oxygens (including phenoxy) is 1. The molecular weight excluding hydrogens is 340 g/mol. The van der Waals surface area contributed by atoms with Gasteiger partial charge in [-0.05, 0) is 47.7 Å². The average molecular weight is 357 g/mol. The molecule has 1 N–H and O–H groups in total. The maximum Gasteiger partial charge on any atom is 0.284 e. The Bertz CT molecular complexity index is 544. The van der Waals surface area contributed by atoms with Gasteiger partial charge >= 0.3 is 0 Å². The van der Waals surface area contributed by atoms with Crippen molar-refractivity contribution in [1.29, 1.82) is 0 Å². The molecule has 1 aliphatic heterocycles. The Morgan fingerprint density at radius 3 is 2.76 bits per heavy atom. The molecule has 1 aromatic carbocycles. The van der Waals surface area contributed by atoms with Crippen molar-refractivity contribution in [2.75, 3.05) is 13.2 Å². The van der Waals surface area contributed by atoms with E-state index in [1.165, 1.54) is 12.1 Å². The van der Waals surface area contributed by atoms with E-state index in [0.29, 0.717) is 19.1 Å². The summed E-state index contributed by atoms with van der Waals surface area (Å²) in [5.41, 5.74) is 0.171. The predicted molar refractivity (Wildman–Crippen MR) is 81.3 cm³/mol. The van der Waals surface area contributed by atoms with Crippen LogP contribution in [-0.4, -0.2) is 30.1 Å². The molecule has 1 heterocycles. The van der Waals surface area contributed by atoms with Gasteiger partial charge < -0.3 is 10.1 Å². The van der Waals surface area contributed by atoms with Crippen LogP contribution in [0.15, 0.2) is 22.7 Å². The smallest absolute Gasteiger partial charge is 0.284 e. The van der Waals surface area contributed by atoms with Gasteiger partial charge in [0.25, 0.3) is 11.6 Å². The lowest BCUT2D eigenvalue weighted by atomic mass is 9.93. The predicted octanol–water partition coefficient (Wildman–Crippen LogP) is 2.90. The molecule has 0 aliphatic carbocycles. The van der Waals surface area contributed by atoms with Gasteiger partial charge in [-0.1, -0.05) is 6.07 Å². The maximum absolute atomic E-state index is 12.3. The number of hydrogen-bond acceptors (Lipinski definition) is 4. The van der Waals surface area contributed by atoms with Crippen LogP contribution in [0.4, 0.5) is 5.69 Å². The molecule has 0 aromatic heterocycles. The zero-order valence-corrected chi connectivity index (χ0v) is 13.3. The highest BCUT2D eigenvalue weighted by molar-refractivity contribution is 9.10. The summed E-state index contributed by atoms with van der Waals surface area (Å²) < 4.78 is 5.52. The average Bonchev–Trinajstić information content (AvgIpc) is 2.47. The summed E-state index contributed by atoms with van der Waals surface area (Å²) in [7, 11) is 0. The Morgan fingerprint density at radius 1 is 1.48 bits per heavy atom. The summed E-state index contributed by atoms with van der Waals surface area (Å²) in [6, 6.07) is 4.45. The number of nitrogens with one attached hydrogen (secondary N) is 1. The lowest BCUT2D eigenvalue weighted by molar-refractivity contribution is -0.385. The Morgan fingerprint density at radius 2 is 2.14 bits per heavy atom. The molecule has 0 bridgehead atoms. The van der Waals surface area contributed by atoms with Crippen LogP contribution in [-0.2, 0) is 4.74 Å². The largest absolute Gasteiger partial charge is 0.381 e. The molecule has 1 amide bonds. The van der Waals surface area contributed by atoms with E-state index >= 15 is 0 Å². The summed E-state index contributed by atoms with van der Waals surface area (Å²) in [6.07, 6.45) is 1.83. The minimum atomic E-state index is -0.511. The summed E-state index contributed by atoms with van der Waals surface area (Å²) >= 11 is 3.15. The normalized spacial score (nSPS) is 17.2. The maximum atomic E-state index is 12.3. The van der Waals surface area contributed by atoms with E-state index in [0.717, 1.165) is 12.8 Å². The van der Waals surface area contributed by atoms with Crippen LogP contribution in [0, 0.1) is 16.0 Å². The van der Waals surface area contributed by atoms with E-state index in [-0.39, 0.29) is 27.7 Å². The van der Waals surface area contributed by atoms with Crippen molar-refractivity contribution in [3.63, 3.8) is 0 Å². The Kier molecular flexibility index (Phi) is 5.30. The first-order valence-corrected chi connectivity index (χ1v) is 7.61. The van der Waals surface area contributed by atoms with Crippen LogP contribution in [0.5, 0.6) is 0 Å². The van der Waals surface area contributed by atoms with Gasteiger partial charge in [0.05, 0.1) is 10.5 Å². The number of amides is 1. The molecule has 7 heteroatoms. The molecule has 1 atom stereocenters. The number of nitro groups is 1. The third-order valence-electron chi connectivity index (χ3n) is 3.75. The zero-order valence-electron chi connectivity index (χ0n) is 11.7. The first-order valence-electron chi connectivity index (χ1n) is 6.82. The van der Waals surface area contributed by atoms with Crippen molar-refractivity contribution in [2.24, 2.45) is 5.92 Å².